The van der Waals surface area contributed by atoms with E-state index >= 15 is 0 Å². The van der Waals surface area contributed by atoms with E-state index < -0.39 is 0 Å². The number of esters is 1. The first-order chi connectivity index (χ1) is 17.5. The molecule has 0 aliphatic carbocycles. The minimum absolute atomic E-state index is 0.241. The Kier molecular flexibility index (Phi) is 5.51. The van der Waals surface area contributed by atoms with Crippen molar-refractivity contribution in [1.82, 2.24) is 24.4 Å². The summed E-state index contributed by atoms with van der Waals surface area (Å²) in [4.78, 5) is 30.4. The Hall–Kier alpha value is -4.41. The van der Waals surface area contributed by atoms with Gasteiger partial charge in [-0.05, 0) is 53.9 Å². The molecule has 0 fully saturated rings. The van der Waals surface area contributed by atoms with Gasteiger partial charge in [-0.2, -0.15) is 14.6 Å². The van der Waals surface area contributed by atoms with Crippen LogP contribution in [0.3, 0.4) is 0 Å². The fourth-order valence-corrected chi connectivity index (χ4v) is 5.38. The number of thiazole rings is 1. The van der Waals surface area contributed by atoms with E-state index in [0.717, 1.165) is 27.4 Å². The number of carbonyl (C=O) groups excluding carboxylic acids is 1. The summed E-state index contributed by atoms with van der Waals surface area (Å²) >= 11 is 2.87. The summed E-state index contributed by atoms with van der Waals surface area (Å²) < 4.78 is 8.72. The standard InChI is InChI=1S/C26H17N5O3S2/c1-16(32)34-20-11-9-17(10-12-20)24-27-26-31(29-24)25(33)22(36-26)14-18-15-30(19-6-3-2-4-7-19)28-23(18)21-8-5-13-35-21/h2-15H,1H3/b22-14-. The number of aromatic nitrogens is 5. The van der Waals surface area contributed by atoms with Gasteiger partial charge in [0.2, 0.25) is 4.96 Å². The number of thiophene rings is 1. The van der Waals surface area contributed by atoms with Crippen LogP contribution < -0.4 is 14.8 Å². The second-order valence-electron chi connectivity index (χ2n) is 7.85. The third-order valence-corrected chi connectivity index (χ3v) is 7.20. The van der Waals surface area contributed by atoms with Gasteiger partial charge in [0, 0.05) is 24.2 Å². The first kappa shape index (κ1) is 22.1. The number of nitrogens with zero attached hydrogens (tertiary/aromatic N) is 5. The van der Waals surface area contributed by atoms with E-state index in [-0.39, 0.29) is 11.5 Å². The lowest BCUT2D eigenvalue weighted by molar-refractivity contribution is -0.131. The van der Waals surface area contributed by atoms with E-state index in [4.69, 9.17) is 9.84 Å². The van der Waals surface area contributed by atoms with Crippen molar-refractivity contribution in [3.63, 3.8) is 0 Å². The van der Waals surface area contributed by atoms with E-state index in [1.165, 1.54) is 22.8 Å². The van der Waals surface area contributed by atoms with Crippen molar-refractivity contribution in [3.8, 4) is 33.4 Å². The molecule has 0 radical (unpaired) electrons. The van der Waals surface area contributed by atoms with E-state index in [1.54, 1.807) is 35.6 Å². The van der Waals surface area contributed by atoms with Crippen LogP contribution in [0.4, 0.5) is 0 Å². The van der Waals surface area contributed by atoms with Gasteiger partial charge < -0.3 is 4.74 Å². The maximum absolute atomic E-state index is 13.2. The number of carbonyl (C=O) groups is 1. The molecule has 0 saturated heterocycles. The van der Waals surface area contributed by atoms with Gasteiger partial charge in [-0.15, -0.1) is 16.4 Å². The molecule has 0 unspecified atom stereocenters. The summed E-state index contributed by atoms with van der Waals surface area (Å²) in [7, 11) is 0. The highest BCUT2D eigenvalue weighted by atomic mass is 32.1. The molecule has 6 rings (SSSR count). The van der Waals surface area contributed by atoms with Crippen LogP contribution in [0, 0.1) is 0 Å². The fraction of sp³-hybridized carbons (Fsp3) is 0.0385. The molecule has 4 aromatic heterocycles. The maximum atomic E-state index is 13.2. The van der Waals surface area contributed by atoms with Crippen molar-refractivity contribution in [2.45, 2.75) is 6.92 Å². The van der Waals surface area contributed by atoms with Crippen LogP contribution in [0.1, 0.15) is 12.5 Å². The van der Waals surface area contributed by atoms with Crippen LogP contribution in [0.15, 0.2) is 83.1 Å². The van der Waals surface area contributed by atoms with Gasteiger partial charge in [0.05, 0.1) is 15.1 Å². The van der Waals surface area contributed by atoms with Gasteiger partial charge in [-0.3, -0.25) is 9.59 Å². The Morgan fingerprint density at radius 3 is 2.50 bits per heavy atom. The number of para-hydroxylation sites is 1. The topological polar surface area (TPSA) is 91.4 Å². The monoisotopic (exact) mass is 511 g/mol. The first-order valence-corrected chi connectivity index (χ1v) is 12.6. The number of fused-ring (bicyclic) bond motifs is 1. The Morgan fingerprint density at radius 2 is 1.81 bits per heavy atom. The predicted octanol–water partition coefficient (Wildman–Crippen LogP) is 4.21. The smallest absolute Gasteiger partial charge is 0.308 e. The van der Waals surface area contributed by atoms with Crippen molar-refractivity contribution >= 4 is 39.7 Å². The highest BCUT2D eigenvalue weighted by Crippen LogP contribution is 2.28. The van der Waals surface area contributed by atoms with Crippen LogP contribution >= 0.6 is 22.7 Å². The summed E-state index contributed by atoms with van der Waals surface area (Å²) in [5.41, 5.74) is 3.06. The average molecular weight is 512 g/mol. The lowest BCUT2D eigenvalue weighted by Crippen LogP contribution is -2.23. The highest BCUT2D eigenvalue weighted by molar-refractivity contribution is 7.15. The molecule has 10 heteroatoms. The molecule has 0 aliphatic heterocycles. The molecule has 0 aliphatic rings. The number of hydrogen-bond donors (Lipinski definition) is 0. The number of hydrogen-bond acceptors (Lipinski definition) is 8. The summed E-state index contributed by atoms with van der Waals surface area (Å²) in [6.45, 7) is 1.35. The molecule has 2 aromatic carbocycles. The number of rotatable bonds is 5. The van der Waals surface area contributed by atoms with Gasteiger partial charge in [0.1, 0.15) is 11.4 Å². The van der Waals surface area contributed by atoms with Crippen molar-refractivity contribution in [1.29, 1.82) is 0 Å². The van der Waals surface area contributed by atoms with Crippen molar-refractivity contribution in [3.05, 3.63) is 98.8 Å². The molecule has 0 amide bonds. The van der Waals surface area contributed by atoms with E-state index in [9.17, 15) is 9.59 Å². The number of ether oxygens (including phenoxy) is 1. The lowest BCUT2D eigenvalue weighted by Gasteiger charge is -2.01. The normalized spacial score (nSPS) is 11.9. The van der Waals surface area contributed by atoms with Crippen LogP contribution in [0.2, 0.25) is 0 Å². The summed E-state index contributed by atoms with van der Waals surface area (Å²) in [6.07, 6.45) is 3.77. The largest absolute Gasteiger partial charge is 0.427 e. The van der Waals surface area contributed by atoms with E-state index in [0.29, 0.717) is 21.1 Å². The van der Waals surface area contributed by atoms with Crippen LogP contribution in [0.5, 0.6) is 5.75 Å². The molecule has 0 N–H and O–H groups in total. The van der Waals surface area contributed by atoms with Crippen molar-refractivity contribution in [2.24, 2.45) is 0 Å². The van der Waals surface area contributed by atoms with Gasteiger partial charge in [0.15, 0.2) is 5.82 Å². The second kappa shape index (κ2) is 8.99. The van der Waals surface area contributed by atoms with Crippen LogP contribution in [0.25, 0.3) is 38.7 Å². The Labute approximate surface area is 212 Å². The maximum Gasteiger partial charge on any atom is 0.308 e. The molecular formula is C26H17N5O3S2. The lowest BCUT2D eigenvalue weighted by atomic mass is 10.2. The Bertz CT molecular complexity index is 1800. The van der Waals surface area contributed by atoms with Crippen molar-refractivity contribution in [2.75, 3.05) is 0 Å². The zero-order chi connectivity index (χ0) is 24.6. The Morgan fingerprint density at radius 1 is 1.00 bits per heavy atom. The molecule has 0 atom stereocenters. The molecule has 8 nitrogen and oxygen atoms in total. The number of benzene rings is 2. The third kappa shape index (κ3) is 4.12. The summed E-state index contributed by atoms with van der Waals surface area (Å²) in [5, 5.41) is 11.2. The van der Waals surface area contributed by atoms with Crippen LogP contribution in [-0.2, 0) is 4.79 Å². The zero-order valence-electron chi connectivity index (χ0n) is 18.9. The van der Waals surface area contributed by atoms with Gasteiger partial charge in [-0.1, -0.05) is 35.6 Å². The fourth-order valence-electron chi connectivity index (χ4n) is 3.75. The molecule has 36 heavy (non-hydrogen) atoms. The average Bonchev–Trinajstić information content (AvgIpc) is 3.67. The zero-order valence-corrected chi connectivity index (χ0v) is 20.5. The summed E-state index contributed by atoms with van der Waals surface area (Å²) in [5.74, 6) is 0.474. The minimum Gasteiger partial charge on any atom is -0.427 e. The quantitative estimate of drug-likeness (QED) is 0.254. The molecule has 0 spiro atoms. The molecule has 0 saturated carbocycles. The molecule has 4 heterocycles. The summed E-state index contributed by atoms with van der Waals surface area (Å²) in [6, 6.07) is 20.7. The van der Waals surface area contributed by atoms with Crippen LogP contribution in [-0.4, -0.2) is 30.3 Å². The predicted molar refractivity (Wildman–Crippen MR) is 140 cm³/mol. The molecule has 176 valence electrons. The van der Waals surface area contributed by atoms with Gasteiger partial charge in [0.25, 0.3) is 5.56 Å². The van der Waals surface area contributed by atoms with Crippen molar-refractivity contribution < 1.29 is 9.53 Å². The Balaban J connectivity index is 1.40. The molecule has 0 bridgehead atoms. The van der Waals surface area contributed by atoms with Gasteiger partial charge in [-0.25, -0.2) is 4.68 Å². The second-order valence-corrected chi connectivity index (χ2v) is 9.81. The highest BCUT2D eigenvalue weighted by Gasteiger charge is 2.15. The molecule has 6 aromatic rings. The van der Waals surface area contributed by atoms with E-state index in [2.05, 4.69) is 10.1 Å². The SMILES string of the molecule is CC(=O)Oc1ccc(-c2nc3s/c(=C\c4cn(-c5ccccc5)nc4-c4cccs4)c(=O)n3n2)cc1. The van der Waals surface area contributed by atoms with Gasteiger partial charge >= 0.3 is 5.97 Å². The molecular weight excluding hydrogens is 494 g/mol. The first-order valence-electron chi connectivity index (χ1n) is 10.9. The van der Waals surface area contributed by atoms with E-state index in [1.807, 2.05) is 64.8 Å². The minimum atomic E-state index is -0.389. The third-order valence-electron chi connectivity index (χ3n) is 5.36.